The summed E-state index contributed by atoms with van der Waals surface area (Å²) in [6.45, 7) is 1.88. The van der Waals surface area contributed by atoms with Crippen molar-refractivity contribution in [2.45, 2.75) is 63.2 Å². The molecule has 0 saturated heterocycles. The number of H-pyrrole nitrogens is 1. The van der Waals surface area contributed by atoms with Crippen LogP contribution in [0.4, 0.5) is 5.69 Å². The Balaban J connectivity index is 1.14. The van der Waals surface area contributed by atoms with E-state index >= 15 is 0 Å². The summed E-state index contributed by atoms with van der Waals surface area (Å²) in [5, 5.41) is 9.00. The number of aromatic nitrogens is 1. The molecular weight excluding hydrogens is 763 g/mol. The van der Waals surface area contributed by atoms with Gasteiger partial charge in [0.15, 0.2) is 0 Å². The van der Waals surface area contributed by atoms with Gasteiger partial charge in [-0.3, -0.25) is 38.2 Å². The van der Waals surface area contributed by atoms with Gasteiger partial charge in [0.2, 0.25) is 23.6 Å². The average molecular weight is 805 g/mol. The summed E-state index contributed by atoms with van der Waals surface area (Å²) < 4.78 is 11.5. The summed E-state index contributed by atoms with van der Waals surface area (Å²) in [7, 11) is -5.04. The molecule has 0 saturated carbocycles. The Morgan fingerprint density at radius 1 is 0.914 bits per heavy atom. The van der Waals surface area contributed by atoms with Crippen molar-refractivity contribution in [3.05, 3.63) is 136 Å². The number of carbonyl (C=O) groups excluding carboxylic acids is 6. The summed E-state index contributed by atoms with van der Waals surface area (Å²) in [5.74, 6) is -3.03. The van der Waals surface area contributed by atoms with E-state index in [0.717, 1.165) is 27.8 Å². The number of carbonyl (C=O) groups is 6. The van der Waals surface area contributed by atoms with E-state index in [1.54, 1.807) is 0 Å². The van der Waals surface area contributed by atoms with Crippen molar-refractivity contribution < 1.29 is 43.1 Å². The van der Waals surface area contributed by atoms with E-state index in [4.69, 9.17) is 5.73 Å². The molecule has 3 atom stereocenters. The highest BCUT2D eigenvalue weighted by Gasteiger charge is 2.45. The summed E-state index contributed by atoms with van der Waals surface area (Å²) in [4.78, 5) is 104. The highest BCUT2D eigenvalue weighted by molar-refractivity contribution is 7.70. The van der Waals surface area contributed by atoms with Crippen LogP contribution in [-0.2, 0) is 36.6 Å². The molecule has 3 heterocycles. The first kappa shape index (κ1) is 39.8. The van der Waals surface area contributed by atoms with Crippen molar-refractivity contribution >= 4 is 59.2 Å². The lowest BCUT2D eigenvalue weighted by Gasteiger charge is -2.29. The minimum absolute atomic E-state index is 0.0326. The molecule has 0 bridgehead atoms. The number of aromatic amines is 1. The van der Waals surface area contributed by atoms with Crippen LogP contribution >= 0.6 is 7.60 Å². The van der Waals surface area contributed by atoms with Gasteiger partial charge in [0.25, 0.3) is 11.4 Å². The Kier molecular flexibility index (Phi) is 11.1. The number of aryl methyl sites for hydroxylation is 2. The second-order valence-corrected chi connectivity index (χ2v) is 16.0. The van der Waals surface area contributed by atoms with Gasteiger partial charge in [0, 0.05) is 29.3 Å². The van der Waals surface area contributed by atoms with Crippen molar-refractivity contribution in [2.75, 3.05) is 4.90 Å². The van der Waals surface area contributed by atoms with Crippen LogP contribution in [0.15, 0.2) is 97.1 Å². The first-order chi connectivity index (χ1) is 27.7. The minimum Gasteiger partial charge on any atom is -0.370 e. The van der Waals surface area contributed by atoms with Gasteiger partial charge in [0.1, 0.15) is 23.8 Å². The number of primary amides is 1. The molecule has 0 unspecified atom stereocenters. The number of hydrogen-bond donors (Lipinski definition) is 7. The molecule has 298 valence electrons. The van der Waals surface area contributed by atoms with E-state index in [-0.39, 0.29) is 36.9 Å². The Bertz CT molecular complexity index is 2460. The lowest BCUT2D eigenvalue weighted by Crippen LogP contribution is -2.57. The van der Waals surface area contributed by atoms with Crippen molar-refractivity contribution in [1.29, 1.82) is 0 Å². The van der Waals surface area contributed by atoms with Crippen LogP contribution in [0.1, 0.15) is 74.0 Å². The summed E-state index contributed by atoms with van der Waals surface area (Å²) >= 11 is 0. The maximum Gasteiger partial charge on any atom is 0.396 e. The molecule has 0 spiro atoms. The summed E-state index contributed by atoms with van der Waals surface area (Å²) in [5.41, 5.74) is 9.00. The van der Waals surface area contributed by atoms with E-state index in [2.05, 4.69) is 20.9 Å². The Morgan fingerprint density at radius 2 is 1.59 bits per heavy atom. The minimum atomic E-state index is -5.04. The quantitative estimate of drug-likeness (QED) is 0.0862. The molecule has 0 aliphatic carbocycles. The Hall–Kier alpha value is -6.41. The fourth-order valence-electron chi connectivity index (χ4n) is 7.69. The maximum absolute atomic E-state index is 14.5. The van der Waals surface area contributed by atoms with Crippen LogP contribution in [0.25, 0.3) is 10.9 Å². The Morgan fingerprint density at radius 3 is 2.22 bits per heavy atom. The van der Waals surface area contributed by atoms with Crippen molar-refractivity contribution in [3.63, 3.8) is 0 Å². The van der Waals surface area contributed by atoms with E-state index in [0.29, 0.717) is 23.0 Å². The van der Waals surface area contributed by atoms with Gasteiger partial charge >= 0.3 is 7.60 Å². The molecule has 0 radical (unpaired) electrons. The topological polar surface area (TPSA) is 241 Å². The van der Waals surface area contributed by atoms with Crippen LogP contribution in [0.3, 0.4) is 0 Å². The second-order valence-electron chi connectivity index (χ2n) is 14.5. The predicted octanol–water partition coefficient (Wildman–Crippen LogP) is 3.45. The smallest absolute Gasteiger partial charge is 0.370 e. The van der Waals surface area contributed by atoms with Gasteiger partial charge in [-0.25, -0.2) is 0 Å². The monoisotopic (exact) mass is 804 g/mol. The molecule has 0 fully saturated rings. The lowest BCUT2D eigenvalue weighted by atomic mass is 9.97. The summed E-state index contributed by atoms with van der Waals surface area (Å²) in [6.07, 6.45) is 0.454. The normalized spacial score (nSPS) is 16.7. The molecule has 15 nitrogen and oxygen atoms in total. The van der Waals surface area contributed by atoms with Crippen LogP contribution in [0.2, 0.25) is 0 Å². The highest BCUT2D eigenvalue weighted by Crippen LogP contribution is 2.41. The molecule has 8 N–H and O–H groups in total. The number of nitrogens with two attached hydrogens (primary N) is 1. The van der Waals surface area contributed by atoms with Crippen molar-refractivity contribution in [1.82, 2.24) is 20.9 Å². The van der Waals surface area contributed by atoms with Crippen LogP contribution in [0.5, 0.6) is 0 Å². The van der Waals surface area contributed by atoms with E-state index in [1.165, 1.54) is 29.2 Å². The molecule has 7 rings (SSSR count). The highest BCUT2D eigenvalue weighted by atomic mass is 31.2. The molecular formula is C42H41N6O9P. The number of rotatable bonds is 13. The zero-order valence-corrected chi connectivity index (χ0v) is 32.2. The van der Waals surface area contributed by atoms with Crippen LogP contribution < -0.4 is 26.6 Å². The zero-order chi connectivity index (χ0) is 41.3. The number of nitrogens with zero attached hydrogens (tertiary/aromatic N) is 1. The molecule has 5 amide bonds. The van der Waals surface area contributed by atoms with Gasteiger partial charge < -0.3 is 36.5 Å². The first-order valence-electron chi connectivity index (χ1n) is 18.7. The number of fused-ring (bicyclic) bond motifs is 1. The van der Waals surface area contributed by atoms with Crippen LogP contribution in [0, 0.1) is 6.92 Å². The fourth-order valence-corrected chi connectivity index (χ4v) is 8.17. The molecule has 1 aromatic heterocycles. The number of benzene rings is 4. The van der Waals surface area contributed by atoms with E-state index < -0.39 is 66.8 Å². The SMILES string of the molecule is Cc1ccc2c3c1C[C@@H](C(=O)N[C@@H](CCC(N)=O)C(=O)NC(c1ccccc1)c1ccccc1)N3C(=O)[C@@H](NC(=O)c1cc3cc(C(=O)P(=O)(O)O)ccc3[nH]1)CC2. The number of anilines is 1. The van der Waals surface area contributed by atoms with Crippen molar-refractivity contribution in [3.8, 4) is 0 Å². The largest absolute Gasteiger partial charge is 0.396 e. The predicted molar refractivity (Wildman–Crippen MR) is 214 cm³/mol. The third-order valence-electron chi connectivity index (χ3n) is 10.6. The fraction of sp³-hybridized carbons (Fsp3) is 0.238. The van der Waals surface area contributed by atoms with Gasteiger partial charge in [-0.1, -0.05) is 72.8 Å². The zero-order valence-electron chi connectivity index (χ0n) is 31.3. The molecule has 16 heteroatoms. The van der Waals surface area contributed by atoms with E-state index in [9.17, 15) is 43.1 Å². The summed E-state index contributed by atoms with van der Waals surface area (Å²) in [6, 6.07) is 23.8. The molecule has 4 aromatic carbocycles. The molecule has 58 heavy (non-hydrogen) atoms. The first-order valence-corrected chi connectivity index (χ1v) is 20.3. The number of amides is 5. The number of hydrogen-bond acceptors (Lipinski definition) is 7. The van der Waals surface area contributed by atoms with Gasteiger partial charge in [-0.15, -0.1) is 0 Å². The Labute approximate surface area is 332 Å². The standard InChI is InChI=1S/C42H41N6O9P/c1-23-12-13-26-14-17-32(46-39(51)33-21-28-20-27(15-16-30(28)44-33)42(54)58(55,56)57)41(53)48-34(22-29(23)37(26)48)40(52)45-31(18-19-35(43)49)38(50)47-36(24-8-4-2-5-9-24)25-10-6-3-7-11-25/h2-13,15-16,20-21,31-32,34,36,44H,14,17-19,22H2,1H3,(H2,43,49)(H,45,52)(H,46,51)(H,47,50)(H2,55,56,57)/t31-,32-,34-/m0/s1. The van der Waals surface area contributed by atoms with Gasteiger partial charge in [-0.2, -0.15) is 0 Å². The third-order valence-corrected chi connectivity index (χ3v) is 11.4. The van der Waals surface area contributed by atoms with Gasteiger partial charge in [0.05, 0.1) is 11.7 Å². The second kappa shape index (κ2) is 16.2. The lowest BCUT2D eigenvalue weighted by molar-refractivity contribution is -0.131. The molecule has 5 aromatic rings. The van der Waals surface area contributed by atoms with Gasteiger partial charge in [-0.05, 0) is 78.3 Å². The van der Waals surface area contributed by atoms with Crippen molar-refractivity contribution in [2.24, 2.45) is 5.73 Å². The maximum atomic E-state index is 14.5. The van der Waals surface area contributed by atoms with Crippen LogP contribution in [-0.4, -0.2) is 68.0 Å². The molecule has 2 aliphatic heterocycles. The number of nitrogens with one attached hydrogen (secondary N) is 4. The average Bonchev–Trinajstić information content (AvgIpc) is 3.80. The van der Waals surface area contributed by atoms with E-state index in [1.807, 2.05) is 79.7 Å². The third kappa shape index (κ3) is 8.19. The molecule has 2 aliphatic rings.